The zero-order valence-electron chi connectivity index (χ0n) is 9.67. The van der Waals surface area contributed by atoms with Crippen molar-refractivity contribution in [3.63, 3.8) is 0 Å². The SMILES string of the molecule is NC(=O)C1CC(=O)N(c2nc(Cl)ccc2C(=O)O)C1. The molecule has 3 N–H and O–H groups in total. The number of hydrogen-bond donors (Lipinski definition) is 2. The van der Waals surface area contributed by atoms with Crippen LogP contribution >= 0.6 is 11.6 Å². The van der Waals surface area contributed by atoms with Crippen LogP contribution in [0, 0.1) is 5.92 Å². The van der Waals surface area contributed by atoms with Crippen molar-refractivity contribution in [3.8, 4) is 0 Å². The Morgan fingerprint density at radius 2 is 2.16 bits per heavy atom. The first-order valence-electron chi connectivity index (χ1n) is 5.39. The number of carbonyl (C=O) groups excluding carboxylic acids is 2. The second kappa shape index (κ2) is 4.85. The minimum absolute atomic E-state index is 0.0157. The van der Waals surface area contributed by atoms with E-state index in [0.717, 1.165) is 4.90 Å². The number of anilines is 1. The first-order valence-corrected chi connectivity index (χ1v) is 5.77. The van der Waals surface area contributed by atoms with E-state index in [1.165, 1.54) is 12.1 Å². The summed E-state index contributed by atoms with van der Waals surface area (Å²) >= 11 is 5.71. The summed E-state index contributed by atoms with van der Waals surface area (Å²) in [5, 5.41) is 9.13. The van der Waals surface area contributed by atoms with E-state index in [4.69, 9.17) is 22.4 Å². The van der Waals surface area contributed by atoms with E-state index in [-0.39, 0.29) is 29.5 Å². The van der Waals surface area contributed by atoms with Crippen molar-refractivity contribution >= 4 is 35.2 Å². The van der Waals surface area contributed by atoms with Crippen molar-refractivity contribution < 1.29 is 19.5 Å². The highest BCUT2D eigenvalue weighted by atomic mass is 35.5. The van der Waals surface area contributed by atoms with Crippen LogP contribution in [-0.4, -0.2) is 34.4 Å². The molecule has 19 heavy (non-hydrogen) atoms. The summed E-state index contributed by atoms with van der Waals surface area (Å²) in [6.07, 6.45) is -0.0530. The molecule has 1 fully saturated rings. The molecule has 0 bridgehead atoms. The lowest BCUT2D eigenvalue weighted by molar-refractivity contribution is -0.123. The number of hydrogen-bond acceptors (Lipinski definition) is 4. The molecule has 2 rings (SSSR count). The molecule has 8 heteroatoms. The fourth-order valence-electron chi connectivity index (χ4n) is 1.90. The lowest BCUT2D eigenvalue weighted by Crippen LogP contribution is -2.30. The summed E-state index contributed by atoms with van der Waals surface area (Å²) in [6.45, 7) is 0.0157. The fraction of sp³-hybridized carbons (Fsp3) is 0.273. The Morgan fingerprint density at radius 3 is 2.68 bits per heavy atom. The van der Waals surface area contributed by atoms with E-state index >= 15 is 0 Å². The first-order chi connectivity index (χ1) is 8.90. The molecule has 0 aromatic carbocycles. The van der Waals surface area contributed by atoms with Gasteiger partial charge in [-0.3, -0.25) is 14.5 Å². The van der Waals surface area contributed by atoms with Crippen molar-refractivity contribution in [2.45, 2.75) is 6.42 Å². The molecule has 1 unspecified atom stereocenters. The number of carboxylic acids is 1. The second-order valence-corrected chi connectivity index (χ2v) is 4.51. The van der Waals surface area contributed by atoms with Gasteiger partial charge in [0.25, 0.3) is 0 Å². The average Bonchev–Trinajstić information content (AvgIpc) is 2.71. The Balaban J connectivity index is 2.42. The minimum atomic E-state index is -1.23. The third-order valence-electron chi connectivity index (χ3n) is 2.85. The summed E-state index contributed by atoms with van der Waals surface area (Å²) in [5.74, 6) is -2.94. The number of halogens is 1. The normalized spacial score (nSPS) is 18.7. The van der Waals surface area contributed by atoms with Crippen LogP contribution in [0.15, 0.2) is 12.1 Å². The highest BCUT2D eigenvalue weighted by molar-refractivity contribution is 6.29. The zero-order valence-corrected chi connectivity index (χ0v) is 10.4. The maximum atomic E-state index is 11.8. The van der Waals surface area contributed by atoms with Gasteiger partial charge in [0.15, 0.2) is 5.82 Å². The molecule has 2 heterocycles. The standard InChI is InChI=1S/C11H10ClN3O4/c12-7-2-1-6(11(18)19)10(14-7)15-4-5(9(13)17)3-8(15)16/h1-2,5H,3-4H2,(H2,13,17)(H,18,19). The van der Waals surface area contributed by atoms with Gasteiger partial charge in [-0.2, -0.15) is 0 Å². The van der Waals surface area contributed by atoms with Crippen LogP contribution in [0.3, 0.4) is 0 Å². The average molecular weight is 284 g/mol. The Labute approximate surface area is 113 Å². The number of nitrogens with two attached hydrogens (primary N) is 1. The predicted octanol–water partition coefficient (Wildman–Crippen LogP) is 0.271. The molecule has 1 saturated heterocycles. The van der Waals surface area contributed by atoms with E-state index < -0.39 is 23.7 Å². The van der Waals surface area contributed by atoms with Crippen LogP contribution in [0.2, 0.25) is 5.15 Å². The quantitative estimate of drug-likeness (QED) is 0.773. The molecular weight excluding hydrogens is 274 g/mol. The molecule has 2 amide bonds. The van der Waals surface area contributed by atoms with E-state index in [1.54, 1.807) is 0 Å². The maximum absolute atomic E-state index is 11.8. The van der Waals surface area contributed by atoms with Crippen LogP contribution in [0.4, 0.5) is 5.82 Å². The number of aromatic carboxylic acids is 1. The molecule has 1 aromatic heterocycles. The summed E-state index contributed by atoms with van der Waals surface area (Å²) in [5.41, 5.74) is 5.00. The van der Waals surface area contributed by atoms with Crippen LogP contribution in [0.25, 0.3) is 0 Å². The summed E-state index contributed by atoms with van der Waals surface area (Å²) in [4.78, 5) is 39.0. The van der Waals surface area contributed by atoms with Gasteiger partial charge < -0.3 is 10.8 Å². The number of aromatic nitrogens is 1. The number of pyridine rings is 1. The monoisotopic (exact) mass is 283 g/mol. The first kappa shape index (κ1) is 13.3. The number of rotatable bonds is 3. The molecular formula is C11H10ClN3O4. The van der Waals surface area contributed by atoms with Gasteiger partial charge in [-0.25, -0.2) is 9.78 Å². The van der Waals surface area contributed by atoms with Crippen LogP contribution in [0.5, 0.6) is 0 Å². The van der Waals surface area contributed by atoms with Crippen molar-refractivity contribution in [1.29, 1.82) is 0 Å². The third-order valence-corrected chi connectivity index (χ3v) is 3.07. The molecule has 100 valence electrons. The molecule has 0 aliphatic carbocycles. The van der Waals surface area contributed by atoms with Gasteiger partial charge >= 0.3 is 5.97 Å². The van der Waals surface area contributed by atoms with Gasteiger partial charge in [-0.15, -0.1) is 0 Å². The van der Waals surface area contributed by atoms with Crippen molar-refractivity contribution in [3.05, 3.63) is 22.8 Å². The minimum Gasteiger partial charge on any atom is -0.478 e. The predicted molar refractivity (Wildman–Crippen MR) is 65.9 cm³/mol. The molecule has 0 radical (unpaired) electrons. The molecule has 1 aromatic rings. The van der Waals surface area contributed by atoms with E-state index in [0.29, 0.717) is 0 Å². The Bertz CT molecular complexity index is 575. The van der Waals surface area contributed by atoms with Gasteiger partial charge in [-0.1, -0.05) is 11.6 Å². The topological polar surface area (TPSA) is 114 Å². The molecule has 7 nitrogen and oxygen atoms in total. The smallest absolute Gasteiger partial charge is 0.339 e. The Hall–Kier alpha value is -2.15. The molecule has 1 atom stereocenters. The lowest BCUT2D eigenvalue weighted by Gasteiger charge is -2.17. The van der Waals surface area contributed by atoms with Gasteiger partial charge in [0.1, 0.15) is 10.7 Å². The number of primary amides is 1. The molecule has 1 aliphatic rings. The number of carbonyl (C=O) groups is 3. The number of carboxylic acid groups (broad SMARTS) is 1. The second-order valence-electron chi connectivity index (χ2n) is 4.12. The Kier molecular flexibility index (Phi) is 3.39. The van der Waals surface area contributed by atoms with Crippen molar-refractivity contribution in [1.82, 2.24) is 4.98 Å². The van der Waals surface area contributed by atoms with E-state index in [1.807, 2.05) is 0 Å². The van der Waals surface area contributed by atoms with Gasteiger partial charge in [0, 0.05) is 13.0 Å². The van der Waals surface area contributed by atoms with Crippen molar-refractivity contribution in [2.24, 2.45) is 11.7 Å². The Morgan fingerprint density at radius 1 is 1.47 bits per heavy atom. The van der Waals surface area contributed by atoms with Crippen molar-refractivity contribution in [2.75, 3.05) is 11.4 Å². The fourth-order valence-corrected chi connectivity index (χ4v) is 2.04. The highest BCUT2D eigenvalue weighted by Gasteiger charge is 2.36. The number of nitrogens with zero attached hydrogens (tertiary/aromatic N) is 2. The molecule has 0 saturated carbocycles. The van der Waals surface area contributed by atoms with Crippen LogP contribution in [0.1, 0.15) is 16.8 Å². The number of amides is 2. The third kappa shape index (κ3) is 2.50. The van der Waals surface area contributed by atoms with Gasteiger partial charge in [0.2, 0.25) is 11.8 Å². The largest absolute Gasteiger partial charge is 0.478 e. The lowest BCUT2D eigenvalue weighted by atomic mass is 10.1. The highest BCUT2D eigenvalue weighted by Crippen LogP contribution is 2.27. The van der Waals surface area contributed by atoms with Crippen LogP contribution < -0.4 is 10.6 Å². The van der Waals surface area contributed by atoms with E-state index in [9.17, 15) is 14.4 Å². The van der Waals surface area contributed by atoms with Gasteiger partial charge in [-0.05, 0) is 12.1 Å². The van der Waals surface area contributed by atoms with E-state index in [2.05, 4.69) is 4.98 Å². The summed E-state index contributed by atoms with van der Waals surface area (Å²) in [6, 6.07) is 2.58. The molecule has 1 aliphatic heterocycles. The maximum Gasteiger partial charge on any atom is 0.339 e. The summed E-state index contributed by atoms with van der Waals surface area (Å²) in [7, 11) is 0. The summed E-state index contributed by atoms with van der Waals surface area (Å²) < 4.78 is 0. The van der Waals surface area contributed by atoms with Gasteiger partial charge in [0.05, 0.1) is 5.92 Å². The molecule has 0 spiro atoms. The zero-order chi connectivity index (χ0) is 14.2. The van der Waals surface area contributed by atoms with Crippen LogP contribution in [-0.2, 0) is 9.59 Å².